The Balaban J connectivity index is 1.47. The number of halogens is 1. The van der Waals surface area contributed by atoms with Crippen LogP contribution in [0.1, 0.15) is 22.3 Å². The van der Waals surface area contributed by atoms with Crippen LogP contribution >= 0.6 is 11.6 Å². The first-order valence-electron chi connectivity index (χ1n) is 9.43. The van der Waals surface area contributed by atoms with Gasteiger partial charge in [0, 0.05) is 51.5 Å². The molecule has 1 saturated heterocycles. The van der Waals surface area contributed by atoms with Crippen molar-refractivity contribution in [1.82, 2.24) is 14.8 Å². The number of nitrogens with zero attached hydrogens (tertiary/aromatic N) is 4. The SMILES string of the molecule is CN(C)c1ncccc1C(=O)N1CCN(CCCc2ccc(Cl)cc2)CC1. The summed E-state index contributed by atoms with van der Waals surface area (Å²) >= 11 is 5.93. The van der Waals surface area contributed by atoms with Crippen molar-refractivity contribution in [3.05, 3.63) is 58.7 Å². The Morgan fingerprint density at radius 1 is 1.11 bits per heavy atom. The minimum atomic E-state index is 0.0765. The van der Waals surface area contributed by atoms with Crippen LogP contribution < -0.4 is 4.90 Å². The molecule has 1 aromatic heterocycles. The fourth-order valence-electron chi connectivity index (χ4n) is 3.42. The molecule has 1 fully saturated rings. The molecule has 1 aliphatic heterocycles. The maximum atomic E-state index is 12.9. The molecule has 144 valence electrons. The number of anilines is 1. The van der Waals surface area contributed by atoms with E-state index < -0.39 is 0 Å². The van der Waals surface area contributed by atoms with Crippen molar-refractivity contribution in [3.8, 4) is 0 Å². The molecule has 1 amide bonds. The Morgan fingerprint density at radius 3 is 2.48 bits per heavy atom. The monoisotopic (exact) mass is 386 g/mol. The molecular weight excluding hydrogens is 360 g/mol. The highest BCUT2D eigenvalue weighted by molar-refractivity contribution is 6.30. The highest BCUT2D eigenvalue weighted by atomic mass is 35.5. The molecule has 0 N–H and O–H groups in total. The molecule has 0 radical (unpaired) electrons. The second-order valence-electron chi connectivity index (χ2n) is 7.13. The predicted molar refractivity (Wildman–Crippen MR) is 111 cm³/mol. The van der Waals surface area contributed by atoms with Gasteiger partial charge in [-0.2, -0.15) is 0 Å². The summed E-state index contributed by atoms with van der Waals surface area (Å²) in [7, 11) is 3.83. The van der Waals surface area contributed by atoms with Gasteiger partial charge in [-0.05, 0) is 49.2 Å². The van der Waals surface area contributed by atoms with Crippen molar-refractivity contribution >= 4 is 23.3 Å². The summed E-state index contributed by atoms with van der Waals surface area (Å²) in [5.41, 5.74) is 2.00. The third kappa shape index (κ3) is 5.21. The number of hydrogen-bond acceptors (Lipinski definition) is 4. The molecule has 2 aromatic rings. The number of aryl methyl sites for hydroxylation is 1. The van der Waals surface area contributed by atoms with Gasteiger partial charge in [-0.1, -0.05) is 23.7 Å². The summed E-state index contributed by atoms with van der Waals surface area (Å²) in [5, 5.41) is 0.783. The van der Waals surface area contributed by atoms with Gasteiger partial charge in [-0.25, -0.2) is 4.98 Å². The van der Waals surface area contributed by atoms with Crippen LogP contribution in [0.25, 0.3) is 0 Å². The molecule has 0 unspecified atom stereocenters. The minimum absolute atomic E-state index is 0.0765. The quantitative estimate of drug-likeness (QED) is 0.764. The van der Waals surface area contributed by atoms with Crippen LogP contribution in [0.2, 0.25) is 5.02 Å². The topological polar surface area (TPSA) is 39.7 Å². The maximum Gasteiger partial charge on any atom is 0.257 e. The molecule has 3 rings (SSSR count). The number of pyridine rings is 1. The average molecular weight is 387 g/mol. The molecule has 0 spiro atoms. The molecular formula is C21H27ClN4O. The van der Waals surface area contributed by atoms with Crippen molar-refractivity contribution in [2.24, 2.45) is 0 Å². The highest BCUT2D eigenvalue weighted by Crippen LogP contribution is 2.18. The number of carbonyl (C=O) groups is 1. The highest BCUT2D eigenvalue weighted by Gasteiger charge is 2.24. The third-order valence-corrected chi connectivity index (χ3v) is 5.21. The van der Waals surface area contributed by atoms with Gasteiger partial charge in [0.2, 0.25) is 0 Å². The van der Waals surface area contributed by atoms with E-state index in [1.54, 1.807) is 6.20 Å². The second-order valence-corrected chi connectivity index (χ2v) is 7.57. The first-order valence-corrected chi connectivity index (χ1v) is 9.81. The Hall–Kier alpha value is -2.11. The molecule has 0 bridgehead atoms. The molecule has 1 aliphatic rings. The smallest absolute Gasteiger partial charge is 0.257 e. The Labute approximate surface area is 166 Å². The summed E-state index contributed by atoms with van der Waals surface area (Å²) in [6, 6.07) is 11.8. The number of rotatable bonds is 6. The van der Waals surface area contributed by atoms with Gasteiger partial charge in [0.15, 0.2) is 0 Å². The van der Waals surface area contributed by atoms with Gasteiger partial charge in [0.05, 0.1) is 5.56 Å². The number of benzene rings is 1. The number of hydrogen-bond donors (Lipinski definition) is 0. The summed E-state index contributed by atoms with van der Waals surface area (Å²) in [5.74, 6) is 0.806. The summed E-state index contributed by atoms with van der Waals surface area (Å²) in [6.07, 6.45) is 3.89. The third-order valence-electron chi connectivity index (χ3n) is 4.95. The van der Waals surface area contributed by atoms with Crippen molar-refractivity contribution in [2.45, 2.75) is 12.8 Å². The fraction of sp³-hybridized carbons (Fsp3) is 0.429. The standard InChI is InChI=1S/C21H27ClN4O/c1-24(2)20-19(6-3-11-23-20)21(27)26-15-13-25(14-16-26)12-4-5-17-7-9-18(22)10-8-17/h3,6-11H,4-5,12-16H2,1-2H3. The van der Waals surface area contributed by atoms with Crippen molar-refractivity contribution < 1.29 is 4.79 Å². The normalized spacial score (nSPS) is 15.0. The van der Waals surface area contributed by atoms with Gasteiger partial charge in [-0.3, -0.25) is 9.69 Å². The lowest BCUT2D eigenvalue weighted by atomic mass is 10.1. The van der Waals surface area contributed by atoms with E-state index in [1.165, 1.54) is 5.56 Å². The first kappa shape index (κ1) is 19.6. The van der Waals surface area contributed by atoms with E-state index in [1.807, 2.05) is 48.2 Å². The number of carbonyl (C=O) groups excluding carboxylic acids is 1. The van der Waals surface area contributed by atoms with E-state index in [-0.39, 0.29) is 5.91 Å². The molecule has 2 heterocycles. The number of aromatic nitrogens is 1. The van der Waals surface area contributed by atoms with E-state index >= 15 is 0 Å². The van der Waals surface area contributed by atoms with Crippen LogP contribution in [-0.2, 0) is 6.42 Å². The van der Waals surface area contributed by atoms with Gasteiger partial charge in [0.1, 0.15) is 5.82 Å². The summed E-state index contributed by atoms with van der Waals surface area (Å²) < 4.78 is 0. The molecule has 1 aromatic carbocycles. The largest absolute Gasteiger partial charge is 0.362 e. The lowest BCUT2D eigenvalue weighted by Gasteiger charge is -2.35. The molecule has 0 atom stereocenters. The second kappa shape index (κ2) is 9.20. The fourth-order valence-corrected chi connectivity index (χ4v) is 3.55. The van der Waals surface area contributed by atoms with E-state index in [0.29, 0.717) is 5.56 Å². The van der Waals surface area contributed by atoms with Gasteiger partial charge >= 0.3 is 0 Å². The van der Waals surface area contributed by atoms with Gasteiger partial charge in [0.25, 0.3) is 5.91 Å². The zero-order chi connectivity index (χ0) is 19.2. The van der Waals surface area contributed by atoms with E-state index in [0.717, 1.165) is 56.4 Å². The zero-order valence-electron chi connectivity index (χ0n) is 16.1. The van der Waals surface area contributed by atoms with Crippen LogP contribution in [0.3, 0.4) is 0 Å². The molecule has 0 saturated carbocycles. The lowest BCUT2D eigenvalue weighted by Crippen LogP contribution is -2.49. The molecule has 27 heavy (non-hydrogen) atoms. The molecule has 5 nitrogen and oxygen atoms in total. The summed E-state index contributed by atoms with van der Waals surface area (Å²) in [4.78, 5) is 23.5. The minimum Gasteiger partial charge on any atom is -0.362 e. The Kier molecular flexibility index (Phi) is 6.69. The zero-order valence-corrected chi connectivity index (χ0v) is 16.8. The van der Waals surface area contributed by atoms with Crippen LogP contribution in [-0.4, -0.2) is 67.5 Å². The van der Waals surface area contributed by atoms with Crippen molar-refractivity contribution in [1.29, 1.82) is 0 Å². The van der Waals surface area contributed by atoms with Gasteiger partial charge < -0.3 is 9.80 Å². The van der Waals surface area contributed by atoms with E-state index in [4.69, 9.17) is 11.6 Å². The number of piperazine rings is 1. The van der Waals surface area contributed by atoms with E-state index in [2.05, 4.69) is 22.0 Å². The molecule has 0 aliphatic carbocycles. The van der Waals surface area contributed by atoms with Crippen molar-refractivity contribution in [3.63, 3.8) is 0 Å². The first-order chi connectivity index (χ1) is 13.0. The molecule has 6 heteroatoms. The number of amides is 1. The van der Waals surface area contributed by atoms with Crippen molar-refractivity contribution in [2.75, 3.05) is 51.7 Å². The van der Waals surface area contributed by atoms with E-state index in [9.17, 15) is 4.79 Å². The van der Waals surface area contributed by atoms with Crippen LogP contribution in [0.4, 0.5) is 5.82 Å². The Morgan fingerprint density at radius 2 is 1.81 bits per heavy atom. The van der Waals surface area contributed by atoms with Gasteiger partial charge in [-0.15, -0.1) is 0 Å². The van der Waals surface area contributed by atoms with Crippen LogP contribution in [0.5, 0.6) is 0 Å². The lowest BCUT2D eigenvalue weighted by molar-refractivity contribution is 0.0636. The summed E-state index contributed by atoms with van der Waals surface area (Å²) in [6.45, 7) is 4.43. The Bertz CT molecular complexity index is 755. The van der Waals surface area contributed by atoms with Crippen LogP contribution in [0.15, 0.2) is 42.6 Å². The predicted octanol–water partition coefficient (Wildman–Crippen LogP) is 3.19. The average Bonchev–Trinajstić information content (AvgIpc) is 2.69. The van der Waals surface area contributed by atoms with Crippen LogP contribution in [0, 0.1) is 0 Å². The maximum absolute atomic E-state index is 12.9.